The molecule has 2 amide bonds. The van der Waals surface area contributed by atoms with E-state index in [1.54, 1.807) is 17.0 Å². The van der Waals surface area contributed by atoms with Crippen molar-refractivity contribution in [2.75, 3.05) is 18.4 Å². The molecule has 1 N–H and O–H groups in total. The number of piperidine rings is 1. The number of carbonyl (C=O) groups is 2. The van der Waals surface area contributed by atoms with Crippen LogP contribution in [0.3, 0.4) is 0 Å². The Morgan fingerprint density at radius 2 is 1.93 bits per heavy atom. The van der Waals surface area contributed by atoms with Gasteiger partial charge in [-0.3, -0.25) is 9.59 Å². The van der Waals surface area contributed by atoms with E-state index in [1.165, 1.54) is 23.5 Å². The van der Waals surface area contributed by atoms with Crippen molar-refractivity contribution in [3.8, 4) is 5.75 Å². The quantitative estimate of drug-likeness (QED) is 0.842. The number of halogens is 3. The summed E-state index contributed by atoms with van der Waals surface area (Å²) in [6, 6.07) is 8.51. The first-order valence-electron chi connectivity index (χ1n) is 8.31. The highest BCUT2D eigenvalue weighted by Crippen LogP contribution is 2.25. The van der Waals surface area contributed by atoms with Crippen LogP contribution in [0.15, 0.2) is 41.8 Å². The molecule has 1 fully saturated rings. The van der Waals surface area contributed by atoms with E-state index in [1.807, 2.05) is 5.38 Å². The Morgan fingerprint density at radius 3 is 2.56 bits per heavy atom. The van der Waals surface area contributed by atoms with Crippen LogP contribution in [0.5, 0.6) is 5.75 Å². The van der Waals surface area contributed by atoms with E-state index in [0.717, 1.165) is 12.1 Å². The molecule has 1 aliphatic rings. The van der Waals surface area contributed by atoms with Crippen molar-refractivity contribution in [3.05, 3.63) is 46.7 Å². The van der Waals surface area contributed by atoms with Gasteiger partial charge in [-0.05, 0) is 48.6 Å². The fourth-order valence-corrected chi connectivity index (χ4v) is 3.61. The fraction of sp³-hybridized carbons (Fsp3) is 0.333. The molecule has 27 heavy (non-hydrogen) atoms. The molecule has 9 heteroatoms. The smallest absolute Gasteiger partial charge is 0.406 e. The third kappa shape index (κ3) is 5.22. The topological polar surface area (TPSA) is 58.6 Å². The van der Waals surface area contributed by atoms with Crippen LogP contribution in [0.1, 0.15) is 22.5 Å². The third-order valence-corrected chi connectivity index (χ3v) is 5.02. The highest BCUT2D eigenvalue weighted by molar-refractivity contribution is 7.12. The molecule has 1 aromatic carbocycles. The van der Waals surface area contributed by atoms with Gasteiger partial charge in [0.25, 0.3) is 5.91 Å². The summed E-state index contributed by atoms with van der Waals surface area (Å²) < 4.78 is 40.3. The molecule has 1 aliphatic heterocycles. The Balaban J connectivity index is 1.58. The molecule has 0 unspecified atom stereocenters. The van der Waals surface area contributed by atoms with Crippen LogP contribution >= 0.6 is 11.3 Å². The number of rotatable bonds is 4. The predicted molar refractivity (Wildman–Crippen MR) is 94.7 cm³/mol. The first kappa shape index (κ1) is 19.2. The van der Waals surface area contributed by atoms with Gasteiger partial charge in [0.1, 0.15) is 5.75 Å². The van der Waals surface area contributed by atoms with E-state index >= 15 is 0 Å². The minimum atomic E-state index is -4.76. The normalized spacial score (nSPS) is 17.4. The molecule has 1 aromatic heterocycles. The van der Waals surface area contributed by atoms with Crippen molar-refractivity contribution < 1.29 is 27.5 Å². The number of nitrogens with one attached hydrogen (secondary N) is 1. The molecule has 144 valence electrons. The van der Waals surface area contributed by atoms with Gasteiger partial charge in [-0.15, -0.1) is 24.5 Å². The van der Waals surface area contributed by atoms with Crippen LogP contribution in [0, 0.1) is 5.92 Å². The van der Waals surface area contributed by atoms with Gasteiger partial charge in [-0.1, -0.05) is 6.07 Å². The van der Waals surface area contributed by atoms with Gasteiger partial charge >= 0.3 is 6.36 Å². The van der Waals surface area contributed by atoms with E-state index in [9.17, 15) is 22.8 Å². The average molecular weight is 398 g/mol. The second-order valence-electron chi connectivity index (χ2n) is 6.13. The number of likely N-dealkylation sites (tertiary alicyclic amines) is 1. The maximum Gasteiger partial charge on any atom is 0.573 e. The number of nitrogens with zero attached hydrogens (tertiary/aromatic N) is 1. The number of anilines is 1. The van der Waals surface area contributed by atoms with Crippen molar-refractivity contribution in [3.63, 3.8) is 0 Å². The molecule has 5 nitrogen and oxygen atoms in total. The molecule has 0 radical (unpaired) electrons. The molecular formula is C18H17F3N2O3S. The Labute approximate surface area is 157 Å². The molecule has 1 saturated heterocycles. The Bertz CT molecular complexity index is 791. The number of amides is 2. The molecule has 0 aliphatic carbocycles. The van der Waals surface area contributed by atoms with Crippen molar-refractivity contribution in [2.24, 2.45) is 5.92 Å². The van der Waals surface area contributed by atoms with E-state index in [0.29, 0.717) is 36.5 Å². The summed E-state index contributed by atoms with van der Waals surface area (Å²) in [5, 5.41) is 4.51. The summed E-state index contributed by atoms with van der Waals surface area (Å²) in [7, 11) is 0. The van der Waals surface area contributed by atoms with E-state index in [-0.39, 0.29) is 23.5 Å². The Hall–Kier alpha value is -2.55. The first-order chi connectivity index (χ1) is 12.8. The molecular weight excluding hydrogens is 381 g/mol. The van der Waals surface area contributed by atoms with Gasteiger partial charge in [0, 0.05) is 18.8 Å². The molecule has 2 aromatic rings. The third-order valence-electron chi connectivity index (χ3n) is 4.17. The summed E-state index contributed by atoms with van der Waals surface area (Å²) >= 11 is 1.36. The van der Waals surface area contributed by atoms with E-state index in [2.05, 4.69) is 10.1 Å². The van der Waals surface area contributed by atoms with Crippen molar-refractivity contribution in [2.45, 2.75) is 19.2 Å². The predicted octanol–water partition coefficient (Wildman–Crippen LogP) is 4.14. The summed E-state index contributed by atoms with van der Waals surface area (Å²) in [6.45, 7) is 0.918. The molecule has 0 saturated carbocycles. The van der Waals surface area contributed by atoms with Crippen molar-refractivity contribution >= 4 is 28.8 Å². The number of hydrogen-bond acceptors (Lipinski definition) is 4. The average Bonchev–Trinajstić information content (AvgIpc) is 3.16. The van der Waals surface area contributed by atoms with Crippen LogP contribution in [0.4, 0.5) is 18.9 Å². The lowest BCUT2D eigenvalue weighted by Gasteiger charge is -2.31. The highest BCUT2D eigenvalue weighted by atomic mass is 32.1. The fourth-order valence-electron chi connectivity index (χ4n) is 2.92. The van der Waals surface area contributed by atoms with Crippen LogP contribution in [-0.4, -0.2) is 36.2 Å². The summed E-state index contributed by atoms with van der Waals surface area (Å²) in [5.74, 6) is -1.07. The second-order valence-corrected chi connectivity index (χ2v) is 7.08. The molecule has 0 bridgehead atoms. The number of benzene rings is 1. The summed E-state index contributed by atoms with van der Waals surface area (Å²) in [4.78, 5) is 27.2. The van der Waals surface area contributed by atoms with Gasteiger partial charge in [0.2, 0.25) is 5.91 Å². The largest absolute Gasteiger partial charge is 0.573 e. The second kappa shape index (κ2) is 7.99. The molecule has 2 heterocycles. The number of thiophene rings is 1. The molecule has 0 spiro atoms. The minimum Gasteiger partial charge on any atom is -0.406 e. The maximum absolute atomic E-state index is 12.5. The monoisotopic (exact) mass is 398 g/mol. The van der Waals surface area contributed by atoms with Gasteiger partial charge in [0.05, 0.1) is 10.8 Å². The zero-order valence-electron chi connectivity index (χ0n) is 14.2. The van der Waals surface area contributed by atoms with E-state index in [4.69, 9.17) is 0 Å². The highest BCUT2D eigenvalue weighted by Gasteiger charge is 2.31. The zero-order valence-corrected chi connectivity index (χ0v) is 15.0. The van der Waals surface area contributed by atoms with E-state index < -0.39 is 6.36 Å². The SMILES string of the molecule is O=C(Nc1ccc(OC(F)(F)F)cc1)[C@H]1CCCN(C(=O)c2cccs2)C1. The van der Waals surface area contributed by atoms with Gasteiger partial charge in [-0.25, -0.2) is 0 Å². The zero-order chi connectivity index (χ0) is 19.4. The van der Waals surface area contributed by atoms with Crippen molar-refractivity contribution in [1.29, 1.82) is 0 Å². The molecule has 1 atom stereocenters. The van der Waals surface area contributed by atoms with Crippen LogP contribution < -0.4 is 10.1 Å². The Kier molecular flexibility index (Phi) is 5.69. The van der Waals surface area contributed by atoms with Gasteiger partial charge < -0.3 is 15.0 Å². The van der Waals surface area contributed by atoms with Crippen molar-refractivity contribution in [1.82, 2.24) is 4.90 Å². The lowest BCUT2D eigenvalue weighted by atomic mass is 9.97. The van der Waals surface area contributed by atoms with Crippen LogP contribution in [0.2, 0.25) is 0 Å². The number of alkyl halides is 3. The minimum absolute atomic E-state index is 0.0869. The standard InChI is InChI=1S/C18H17F3N2O3S/c19-18(20,21)26-14-7-5-13(6-8-14)22-16(24)12-3-1-9-23(11-12)17(25)15-4-2-10-27-15/h2,4-8,10,12H,1,3,9,11H2,(H,22,24)/t12-/m0/s1. The summed E-state index contributed by atoms with van der Waals surface area (Å²) in [5.41, 5.74) is 0.372. The van der Waals surface area contributed by atoms with Crippen LogP contribution in [0.25, 0.3) is 0 Å². The Morgan fingerprint density at radius 1 is 1.19 bits per heavy atom. The van der Waals surface area contributed by atoms with Crippen LogP contribution in [-0.2, 0) is 4.79 Å². The summed E-state index contributed by atoms with van der Waals surface area (Å²) in [6.07, 6.45) is -3.39. The maximum atomic E-state index is 12.5. The van der Waals surface area contributed by atoms with Gasteiger partial charge in [-0.2, -0.15) is 0 Å². The molecule has 3 rings (SSSR count). The number of hydrogen-bond donors (Lipinski definition) is 1. The lowest BCUT2D eigenvalue weighted by molar-refractivity contribution is -0.274. The lowest BCUT2D eigenvalue weighted by Crippen LogP contribution is -2.43. The van der Waals surface area contributed by atoms with Gasteiger partial charge in [0.15, 0.2) is 0 Å². The number of ether oxygens (including phenoxy) is 1. The first-order valence-corrected chi connectivity index (χ1v) is 9.19. The number of carbonyl (C=O) groups excluding carboxylic acids is 2.